The summed E-state index contributed by atoms with van der Waals surface area (Å²) in [5.41, 5.74) is 0.790. The number of rotatable bonds is 5. The van der Waals surface area contributed by atoms with Crippen LogP contribution < -0.4 is 4.74 Å². The number of aromatic nitrogens is 1. The van der Waals surface area contributed by atoms with Gasteiger partial charge in [-0.1, -0.05) is 0 Å². The summed E-state index contributed by atoms with van der Waals surface area (Å²) in [5.74, 6) is 0.206. The largest absolute Gasteiger partial charge is 0.496 e. The Kier molecular flexibility index (Phi) is 5.97. The van der Waals surface area contributed by atoms with E-state index in [-0.39, 0.29) is 17.1 Å². The minimum atomic E-state index is -0.787. The molecular formula is C22H21N3O7. The van der Waals surface area contributed by atoms with E-state index in [2.05, 4.69) is 0 Å². The topological polar surface area (TPSA) is 127 Å². The molecule has 1 aromatic heterocycles. The maximum absolute atomic E-state index is 13.1. The second-order valence-corrected chi connectivity index (χ2v) is 7.87. The summed E-state index contributed by atoms with van der Waals surface area (Å²) in [7, 11) is 1.38. The minimum absolute atomic E-state index is 0.0821. The van der Waals surface area contributed by atoms with Crippen molar-refractivity contribution in [2.45, 2.75) is 26.4 Å². The molecule has 0 bridgehead atoms. The second-order valence-electron chi connectivity index (χ2n) is 7.87. The van der Waals surface area contributed by atoms with Gasteiger partial charge in [-0.2, -0.15) is 0 Å². The second kappa shape index (κ2) is 8.50. The minimum Gasteiger partial charge on any atom is -0.496 e. The average molecular weight is 439 g/mol. The summed E-state index contributed by atoms with van der Waals surface area (Å²) in [6.07, 6.45) is -0.675. The SMILES string of the molecule is COc1cc([N+](=O)[O-])ccc1-c1ccc(-c2ccc([N+](=O)[O-])cc2)n1C(=O)OC(C)(C)C. The molecule has 0 amide bonds. The maximum Gasteiger partial charge on any atom is 0.419 e. The van der Waals surface area contributed by atoms with Crippen molar-refractivity contribution in [1.29, 1.82) is 0 Å². The van der Waals surface area contributed by atoms with Crippen LogP contribution in [0.15, 0.2) is 54.6 Å². The third-order valence-corrected chi connectivity index (χ3v) is 4.50. The quantitative estimate of drug-likeness (QED) is 0.383. The molecule has 3 aromatic rings. The number of ether oxygens (including phenoxy) is 2. The van der Waals surface area contributed by atoms with E-state index < -0.39 is 21.5 Å². The highest BCUT2D eigenvalue weighted by atomic mass is 16.6. The van der Waals surface area contributed by atoms with Crippen LogP contribution in [0.3, 0.4) is 0 Å². The molecule has 0 saturated carbocycles. The summed E-state index contributed by atoms with van der Waals surface area (Å²) in [4.78, 5) is 34.2. The van der Waals surface area contributed by atoms with Gasteiger partial charge < -0.3 is 9.47 Å². The van der Waals surface area contributed by atoms with Crippen molar-refractivity contribution in [1.82, 2.24) is 4.57 Å². The van der Waals surface area contributed by atoms with Crippen molar-refractivity contribution in [2.24, 2.45) is 0 Å². The zero-order chi connectivity index (χ0) is 23.6. The van der Waals surface area contributed by atoms with E-state index in [0.29, 0.717) is 22.5 Å². The number of nitro groups is 2. The number of hydrogen-bond donors (Lipinski definition) is 0. The summed E-state index contributed by atoms with van der Waals surface area (Å²) in [6, 6.07) is 13.2. The van der Waals surface area contributed by atoms with E-state index in [1.54, 1.807) is 32.9 Å². The van der Waals surface area contributed by atoms with Crippen LogP contribution in [-0.4, -0.2) is 33.2 Å². The molecule has 166 valence electrons. The Labute approximate surface area is 183 Å². The molecule has 10 nitrogen and oxygen atoms in total. The zero-order valence-corrected chi connectivity index (χ0v) is 17.9. The Bertz CT molecular complexity index is 1190. The van der Waals surface area contributed by atoms with Gasteiger partial charge >= 0.3 is 6.09 Å². The van der Waals surface area contributed by atoms with Gasteiger partial charge in [0.05, 0.1) is 34.4 Å². The number of nitro benzene ring substituents is 2. The van der Waals surface area contributed by atoms with Gasteiger partial charge in [-0.3, -0.25) is 20.2 Å². The summed E-state index contributed by atoms with van der Waals surface area (Å²) in [6.45, 7) is 5.18. The van der Waals surface area contributed by atoms with Gasteiger partial charge in [0.25, 0.3) is 11.4 Å². The first-order chi connectivity index (χ1) is 15.0. The van der Waals surface area contributed by atoms with E-state index in [9.17, 15) is 25.0 Å². The van der Waals surface area contributed by atoms with Gasteiger partial charge in [0.1, 0.15) is 11.4 Å². The molecule has 3 rings (SSSR count). The molecule has 0 unspecified atom stereocenters. The Morgan fingerprint density at radius 1 is 0.875 bits per heavy atom. The van der Waals surface area contributed by atoms with E-state index in [1.807, 2.05) is 0 Å². The van der Waals surface area contributed by atoms with Crippen LogP contribution in [0.4, 0.5) is 16.2 Å². The first-order valence-electron chi connectivity index (χ1n) is 9.54. The molecule has 0 saturated heterocycles. The lowest BCUT2D eigenvalue weighted by Gasteiger charge is -2.22. The molecule has 0 aliphatic carbocycles. The maximum atomic E-state index is 13.1. The van der Waals surface area contributed by atoms with Gasteiger partial charge in [0, 0.05) is 23.8 Å². The number of carbonyl (C=O) groups is 1. The summed E-state index contributed by atoms with van der Waals surface area (Å²) >= 11 is 0. The van der Waals surface area contributed by atoms with Crippen LogP contribution in [0.2, 0.25) is 0 Å². The first kappa shape index (κ1) is 22.5. The summed E-state index contributed by atoms with van der Waals surface area (Å²) in [5, 5.41) is 22.1. The van der Waals surface area contributed by atoms with Gasteiger partial charge in [0.2, 0.25) is 0 Å². The highest BCUT2D eigenvalue weighted by Gasteiger charge is 2.25. The van der Waals surface area contributed by atoms with Crippen LogP contribution in [-0.2, 0) is 4.74 Å². The molecule has 0 radical (unpaired) electrons. The molecule has 32 heavy (non-hydrogen) atoms. The fourth-order valence-corrected chi connectivity index (χ4v) is 3.14. The number of methoxy groups -OCH3 is 1. The van der Waals surface area contributed by atoms with Crippen molar-refractivity contribution >= 4 is 17.5 Å². The Morgan fingerprint density at radius 3 is 1.97 bits per heavy atom. The Morgan fingerprint density at radius 2 is 1.44 bits per heavy atom. The van der Waals surface area contributed by atoms with Gasteiger partial charge in [-0.25, -0.2) is 9.36 Å². The zero-order valence-electron chi connectivity index (χ0n) is 17.9. The molecule has 0 spiro atoms. The monoisotopic (exact) mass is 439 g/mol. The molecule has 0 aliphatic rings. The fraction of sp³-hybridized carbons (Fsp3) is 0.227. The van der Waals surface area contributed by atoms with Crippen molar-refractivity contribution in [3.8, 4) is 28.3 Å². The van der Waals surface area contributed by atoms with Crippen molar-refractivity contribution in [3.63, 3.8) is 0 Å². The molecular weight excluding hydrogens is 418 g/mol. The van der Waals surface area contributed by atoms with Crippen LogP contribution in [0.25, 0.3) is 22.5 Å². The molecule has 2 aromatic carbocycles. The van der Waals surface area contributed by atoms with Gasteiger partial charge in [-0.05, 0) is 56.7 Å². The smallest absolute Gasteiger partial charge is 0.419 e. The van der Waals surface area contributed by atoms with E-state index in [0.717, 1.165) is 0 Å². The van der Waals surface area contributed by atoms with Crippen molar-refractivity contribution < 1.29 is 24.1 Å². The van der Waals surface area contributed by atoms with E-state index in [4.69, 9.17) is 9.47 Å². The molecule has 10 heteroatoms. The van der Waals surface area contributed by atoms with Crippen molar-refractivity contribution in [3.05, 3.63) is 74.8 Å². The number of nitrogens with zero attached hydrogens (tertiary/aromatic N) is 3. The Balaban J connectivity index is 2.20. The standard InChI is InChI=1S/C22H21N3O7/c1-22(2,3)32-21(26)23-18(14-5-7-15(8-6-14)24(27)28)11-12-19(23)17-10-9-16(25(29)30)13-20(17)31-4/h5-13H,1-4H3. The van der Waals surface area contributed by atoms with Crippen molar-refractivity contribution in [2.75, 3.05) is 7.11 Å². The summed E-state index contributed by atoms with van der Waals surface area (Å²) < 4.78 is 12.2. The number of benzene rings is 2. The average Bonchev–Trinajstić information content (AvgIpc) is 3.17. The van der Waals surface area contributed by atoms with E-state index in [1.165, 1.54) is 54.1 Å². The predicted octanol–water partition coefficient (Wildman–Crippen LogP) is 5.43. The Hall–Kier alpha value is -4.21. The number of hydrogen-bond acceptors (Lipinski definition) is 7. The number of non-ortho nitro benzene ring substituents is 2. The lowest BCUT2D eigenvalue weighted by Crippen LogP contribution is -2.28. The third-order valence-electron chi connectivity index (χ3n) is 4.50. The lowest BCUT2D eigenvalue weighted by atomic mass is 10.1. The van der Waals surface area contributed by atoms with Crippen LogP contribution >= 0.6 is 0 Å². The van der Waals surface area contributed by atoms with Crippen LogP contribution in [0.1, 0.15) is 20.8 Å². The molecule has 0 aliphatic heterocycles. The van der Waals surface area contributed by atoms with Crippen LogP contribution in [0, 0.1) is 20.2 Å². The normalized spacial score (nSPS) is 11.1. The highest BCUT2D eigenvalue weighted by molar-refractivity contribution is 5.87. The molecule has 0 fully saturated rings. The molecule has 0 N–H and O–H groups in total. The first-order valence-corrected chi connectivity index (χ1v) is 9.54. The number of carbonyl (C=O) groups excluding carboxylic acids is 1. The third kappa shape index (κ3) is 4.59. The van der Waals surface area contributed by atoms with Gasteiger partial charge in [0.15, 0.2) is 0 Å². The van der Waals surface area contributed by atoms with Crippen LogP contribution in [0.5, 0.6) is 5.75 Å². The van der Waals surface area contributed by atoms with E-state index >= 15 is 0 Å². The molecule has 0 atom stereocenters. The predicted molar refractivity (Wildman–Crippen MR) is 117 cm³/mol. The lowest BCUT2D eigenvalue weighted by molar-refractivity contribution is -0.385. The highest BCUT2D eigenvalue weighted by Crippen LogP contribution is 2.37. The fourth-order valence-electron chi connectivity index (χ4n) is 3.14. The van der Waals surface area contributed by atoms with Gasteiger partial charge in [-0.15, -0.1) is 0 Å². The molecule has 1 heterocycles.